The molecule has 43 heavy (non-hydrogen) atoms. The molecule has 0 N–H and O–H groups in total. The summed E-state index contributed by atoms with van der Waals surface area (Å²) < 4.78 is 69.8. The molecular weight excluding hydrogens is 612 g/mol. The minimum Gasteiger partial charge on any atom is -0.359 e. The first-order valence-corrected chi connectivity index (χ1v) is 15.4. The number of halogens is 5. The summed E-state index contributed by atoms with van der Waals surface area (Å²) in [4.78, 5) is 34.7. The van der Waals surface area contributed by atoms with Crippen LogP contribution < -0.4 is 10.6 Å². The molecule has 0 spiro atoms. The largest absolute Gasteiger partial charge is 0.416 e. The van der Waals surface area contributed by atoms with Crippen LogP contribution in [-0.4, -0.2) is 71.3 Å². The first kappa shape index (κ1) is 31.3. The van der Waals surface area contributed by atoms with Gasteiger partial charge in [-0.05, 0) is 55.2 Å². The zero-order valence-corrected chi connectivity index (χ0v) is 25.3. The zero-order valence-electron chi connectivity index (χ0n) is 23.7. The van der Waals surface area contributed by atoms with Crippen LogP contribution in [0.5, 0.6) is 0 Å². The van der Waals surface area contributed by atoms with Crippen molar-refractivity contribution in [2.75, 3.05) is 37.6 Å². The van der Waals surface area contributed by atoms with E-state index in [2.05, 4.69) is 11.6 Å². The van der Waals surface area contributed by atoms with Crippen molar-refractivity contribution >= 4 is 45.1 Å². The highest BCUT2D eigenvalue weighted by Crippen LogP contribution is 2.52. The molecule has 3 aromatic rings. The Balaban J connectivity index is 1.77. The molecule has 1 fully saturated rings. The number of amides is 1. The van der Waals surface area contributed by atoms with Crippen molar-refractivity contribution in [3.05, 3.63) is 69.9 Å². The van der Waals surface area contributed by atoms with Crippen LogP contribution in [0.2, 0.25) is 5.02 Å². The number of aromatic nitrogens is 2. The fraction of sp³-hybridized carbons (Fsp3) is 0.414. The highest BCUT2D eigenvalue weighted by Gasteiger charge is 2.38. The van der Waals surface area contributed by atoms with E-state index in [-0.39, 0.29) is 71.3 Å². The van der Waals surface area contributed by atoms with Gasteiger partial charge in [-0.25, -0.2) is 9.18 Å². The average molecular weight is 643 g/mol. The lowest BCUT2D eigenvalue weighted by Gasteiger charge is -2.44. The number of anilines is 1. The minimum atomic E-state index is -4.71. The summed E-state index contributed by atoms with van der Waals surface area (Å²) >= 11 is 6.12. The highest BCUT2D eigenvalue weighted by atomic mass is 35.5. The first-order chi connectivity index (χ1) is 20.3. The van der Waals surface area contributed by atoms with Crippen molar-refractivity contribution in [1.29, 1.82) is 0 Å². The van der Waals surface area contributed by atoms with Gasteiger partial charge in [-0.2, -0.15) is 29.1 Å². The molecule has 0 aliphatic carbocycles. The Morgan fingerprint density at radius 1 is 1.19 bits per heavy atom. The minimum absolute atomic E-state index is 0.0204. The molecule has 0 saturated carbocycles. The third-order valence-corrected chi connectivity index (χ3v) is 10.6. The highest BCUT2D eigenvalue weighted by molar-refractivity contribution is 8.17. The number of benzene rings is 2. The lowest BCUT2D eigenvalue weighted by molar-refractivity contribution is -0.137. The number of carbonyl (C=O) groups excluding carboxylic acids is 1. The van der Waals surface area contributed by atoms with Crippen LogP contribution in [0.1, 0.15) is 19.4 Å². The fourth-order valence-electron chi connectivity index (χ4n) is 5.93. The van der Waals surface area contributed by atoms with Crippen LogP contribution in [0, 0.1) is 5.82 Å². The summed E-state index contributed by atoms with van der Waals surface area (Å²) in [7, 11) is -0.187. The van der Waals surface area contributed by atoms with Crippen LogP contribution in [0.25, 0.3) is 10.9 Å². The molecule has 5 rings (SSSR count). The van der Waals surface area contributed by atoms with Gasteiger partial charge in [0.15, 0.2) is 0 Å². The number of ether oxygens (including phenoxy) is 2. The first-order valence-electron chi connectivity index (χ1n) is 13.5. The second kappa shape index (κ2) is 12.1. The summed E-state index contributed by atoms with van der Waals surface area (Å²) in [6.45, 7) is 7.61. The Labute approximate surface area is 253 Å². The normalized spacial score (nSPS) is 23.3. The molecule has 14 heteroatoms. The van der Waals surface area contributed by atoms with Gasteiger partial charge in [-0.3, -0.25) is 9.36 Å². The van der Waals surface area contributed by atoms with Crippen molar-refractivity contribution in [2.45, 2.75) is 54.5 Å². The van der Waals surface area contributed by atoms with E-state index in [0.29, 0.717) is 10.4 Å². The molecule has 4 atom stereocenters. The van der Waals surface area contributed by atoms with E-state index in [0.717, 1.165) is 12.1 Å². The number of hydrogen-bond acceptors (Lipinski definition) is 6. The van der Waals surface area contributed by atoms with E-state index >= 15 is 0 Å². The number of hydrogen-bond donors (Lipinski definition) is 1. The van der Waals surface area contributed by atoms with Crippen LogP contribution in [-0.2, 0) is 27.0 Å². The Hall–Kier alpha value is -3.13. The molecule has 1 saturated heterocycles. The molecule has 2 aromatic carbocycles. The van der Waals surface area contributed by atoms with E-state index in [9.17, 15) is 27.2 Å². The lowest BCUT2D eigenvalue weighted by atomic mass is 10.1. The van der Waals surface area contributed by atoms with Crippen LogP contribution in [0.3, 0.4) is 0 Å². The van der Waals surface area contributed by atoms with Gasteiger partial charge in [-0.15, -0.1) is 0 Å². The van der Waals surface area contributed by atoms with Crippen LogP contribution >= 0.6 is 22.5 Å². The second-order valence-electron chi connectivity index (χ2n) is 10.7. The topological polar surface area (TPSA) is 76.9 Å². The van der Waals surface area contributed by atoms with E-state index in [1.165, 1.54) is 36.0 Å². The Bertz CT molecular complexity index is 1620. The van der Waals surface area contributed by atoms with Gasteiger partial charge in [-0.1, -0.05) is 18.2 Å². The van der Waals surface area contributed by atoms with Crippen molar-refractivity contribution < 1.29 is 31.8 Å². The molecule has 232 valence electrons. The molecule has 1 unspecified atom stereocenters. The molecule has 2 aliphatic heterocycles. The van der Waals surface area contributed by atoms with Gasteiger partial charge >= 0.3 is 11.9 Å². The Morgan fingerprint density at radius 2 is 1.88 bits per heavy atom. The molecule has 0 radical (unpaired) electrons. The molecule has 1 aromatic heterocycles. The molecule has 2 aliphatic rings. The van der Waals surface area contributed by atoms with E-state index in [1.807, 2.05) is 13.8 Å². The van der Waals surface area contributed by atoms with Crippen molar-refractivity contribution in [2.24, 2.45) is 0 Å². The second-order valence-corrected chi connectivity index (χ2v) is 13.3. The number of carbonyl (C=O) groups is 1. The predicted octanol–water partition coefficient (Wildman–Crippen LogP) is 5.24. The standard InChI is InChI=1S/C29H31ClF4N4O4S/c1-5-25(39)38-16(2)11-36(12-17(38)3)27-21-8-18(29(32,33)34)9-24-26(21)37(28(40)35-27)13-19(42-15-41-4)14-43(24)20-6-7-23(31)22(30)10-20/h5-10,16-17,19,43H,1,11-15H2,2-4H3/t16-,17+,19-/m0/s1. The third-order valence-electron chi connectivity index (χ3n) is 7.71. The Kier molecular flexibility index (Phi) is 8.81. The van der Waals surface area contributed by atoms with Gasteiger partial charge in [0.1, 0.15) is 18.4 Å². The van der Waals surface area contributed by atoms with Crippen LogP contribution in [0.15, 0.2) is 57.6 Å². The van der Waals surface area contributed by atoms with Gasteiger partial charge in [0.05, 0.1) is 28.8 Å². The maximum absolute atomic E-state index is 14.4. The van der Waals surface area contributed by atoms with E-state index in [4.69, 9.17) is 21.1 Å². The van der Waals surface area contributed by atoms with Crippen LogP contribution in [0.4, 0.5) is 23.4 Å². The number of nitrogens with zero attached hydrogens (tertiary/aromatic N) is 4. The lowest BCUT2D eigenvalue weighted by Crippen LogP contribution is -2.58. The van der Waals surface area contributed by atoms with Gasteiger partial charge in [0.25, 0.3) is 0 Å². The predicted molar refractivity (Wildman–Crippen MR) is 158 cm³/mol. The molecule has 8 nitrogen and oxygen atoms in total. The van der Waals surface area contributed by atoms with Gasteiger partial charge < -0.3 is 19.3 Å². The number of alkyl halides is 3. The molecular formula is C29H31ClF4N4O4S. The molecule has 1 amide bonds. The van der Waals surface area contributed by atoms with E-state index < -0.39 is 40.2 Å². The average Bonchev–Trinajstić information content (AvgIpc) is 3.12. The molecule has 0 bridgehead atoms. The summed E-state index contributed by atoms with van der Waals surface area (Å²) in [6, 6.07) is 5.52. The summed E-state index contributed by atoms with van der Waals surface area (Å²) in [5.41, 5.74) is -1.24. The number of rotatable bonds is 6. The molecule has 3 heterocycles. The fourth-order valence-corrected chi connectivity index (χ4v) is 8.83. The quantitative estimate of drug-likeness (QED) is 0.172. The monoisotopic (exact) mass is 642 g/mol. The maximum Gasteiger partial charge on any atom is 0.416 e. The Morgan fingerprint density at radius 3 is 2.49 bits per heavy atom. The summed E-state index contributed by atoms with van der Waals surface area (Å²) in [5, 5.41) is -0.00928. The van der Waals surface area contributed by atoms with Crippen molar-refractivity contribution in [3.63, 3.8) is 0 Å². The van der Waals surface area contributed by atoms with Gasteiger partial charge in [0, 0.05) is 48.3 Å². The van der Waals surface area contributed by atoms with E-state index in [1.54, 1.807) is 9.80 Å². The maximum atomic E-state index is 14.4. The smallest absolute Gasteiger partial charge is 0.359 e. The third kappa shape index (κ3) is 6.00. The number of thiol groups is 1. The van der Waals surface area contributed by atoms with Crippen molar-refractivity contribution in [1.82, 2.24) is 14.5 Å². The summed E-state index contributed by atoms with van der Waals surface area (Å²) in [6.07, 6.45) is -4.11. The number of methoxy groups -OCH3 is 1. The number of piperazine rings is 1. The van der Waals surface area contributed by atoms with Crippen molar-refractivity contribution in [3.8, 4) is 0 Å². The van der Waals surface area contributed by atoms with Gasteiger partial charge in [0.2, 0.25) is 5.91 Å². The summed E-state index contributed by atoms with van der Waals surface area (Å²) in [5.74, 6) is -0.580. The zero-order chi connectivity index (χ0) is 31.2. The SMILES string of the molecule is C=CC(=O)N1[C@H](C)CN(c2nc(=O)n3c4c(cc(C(F)(F)F)cc24)[SH](c2ccc(F)c(Cl)c2)C[C@@H](OCOC)C3)C[C@@H]1C.